The van der Waals surface area contributed by atoms with E-state index in [-0.39, 0.29) is 7.43 Å². The summed E-state index contributed by atoms with van der Waals surface area (Å²) >= 11 is 0. The molecule has 0 radical (unpaired) electrons. The van der Waals surface area contributed by atoms with Crippen LogP contribution >= 0.6 is 0 Å². The molecule has 0 saturated carbocycles. The molecular weight excluding hydrogens is 110 g/mol. The van der Waals surface area contributed by atoms with Gasteiger partial charge in [-0.2, -0.15) is 0 Å². The van der Waals surface area contributed by atoms with E-state index in [1.807, 2.05) is 0 Å². The van der Waals surface area contributed by atoms with Gasteiger partial charge in [0, 0.05) is 0 Å². The van der Waals surface area contributed by atoms with E-state index in [0.29, 0.717) is 0 Å². The number of carboxylic acids is 1. The van der Waals surface area contributed by atoms with Crippen molar-refractivity contribution < 1.29 is 15.0 Å². The van der Waals surface area contributed by atoms with E-state index in [1.54, 1.807) is 0 Å². The van der Waals surface area contributed by atoms with Gasteiger partial charge in [-0.3, -0.25) is 4.79 Å². The fourth-order valence-corrected chi connectivity index (χ4v) is 0.0781. The summed E-state index contributed by atoms with van der Waals surface area (Å²) in [7, 11) is 0. The van der Waals surface area contributed by atoms with Crippen molar-refractivity contribution >= 4 is 5.97 Å². The van der Waals surface area contributed by atoms with E-state index < -0.39 is 18.6 Å². The highest BCUT2D eigenvalue weighted by Gasteiger charge is 2.06. The molecule has 0 aromatic rings. The lowest BCUT2D eigenvalue weighted by atomic mass is 10.3. The van der Waals surface area contributed by atoms with E-state index in [0.717, 1.165) is 0 Å². The first-order valence-corrected chi connectivity index (χ1v) is 1.77. The number of carboxylic acid groups (broad SMARTS) is 1. The molecule has 0 heterocycles. The van der Waals surface area contributed by atoms with Gasteiger partial charge in [0.1, 0.15) is 6.04 Å². The van der Waals surface area contributed by atoms with Gasteiger partial charge >= 0.3 is 5.97 Å². The molecule has 0 aliphatic rings. The van der Waals surface area contributed by atoms with Gasteiger partial charge in [-0.05, 0) is 0 Å². The smallest absolute Gasteiger partial charge is 0.322 e. The van der Waals surface area contributed by atoms with Crippen molar-refractivity contribution in [2.75, 3.05) is 6.61 Å². The lowest BCUT2D eigenvalue weighted by Crippen LogP contribution is -2.33. The minimum absolute atomic E-state index is 0. The third kappa shape index (κ3) is 3.58. The average Bonchev–Trinajstić information content (AvgIpc) is 1.65. The topological polar surface area (TPSA) is 83.5 Å². The Morgan fingerprint density at radius 1 is 1.75 bits per heavy atom. The molecule has 0 amide bonds. The van der Waals surface area contributed by atoms with Crippen molar-refractivity contribution in [1.82, 2.24) is 0 Å². The molecule has 0 fully saturated rings. The molecule has 4 heteroatoms. The van der Waals surface area contributed by atoms with Gasteiger partial charge in [0.05, 0.1) is 6.61 Å². The Labute approximate surface area is 47.9 Å². The molecule has 0 unspecified atom stereocenters. The van der Waals surface area contributed by atoms with Crippen LogP contribution in [0, 0.1) is 0 Å². The Morgan fingerprint density at radius 3 is 2.12 bits per heavy atom. The van der Waals surface area contributed by atoms with Crippen LogP contribution in [0.3, 0.4) is 0 Å². The molecule has 8 heavy (non-hydrogen) atoms. The highest BCUT2D eigenvalue weighted by atomic mass is 16.4. The lowest BCUT2D eigenvalue weighted by Gasteiger charge is -1.96. The Bertz CT molecular complexity index is 73.7. The number of hydrogen-bond acceptors (Lipinski definition) is 3. The van der Waals surface area contributed by atoms with Crippen molar-refractivity contribution in [3.63, 3.8) is 0 Å². The zero-order valence-corrected chi connectivity index (χ0v) is 3.66. The first kappa shape index (κ1) is 10.4. The zero-order chi connectivity index (χ0) is 5.86. The third-order valence-corrected chi connectivity index (χ3v) is 0.514. The minimum Gasteiger partial charge on any atom is -0.480 e. The summed E-state index contributed by atoms with van der Waals surface area (Å²) in [6.07, 6.45) is 0. The number of aliphatic hydroxyl groups excluding tert-OH is 1. The highest BCUT2D eigenvalue weighted by Crippen LogP contribution is 1.71. The standard InChI is InChI=1S/C3H7NO3.CH4/c4-2(1-5)3(6)7;/h2,5H,1,4H2,(H,6,7);1H4/t2-;/m0./s1. The second kappa shape index (κ2) is 4.55. The molecule has 4 N–H and O–H groups in total. The molecule has 0 aliphatic carbocycles. The average molecular weight is 121 g/mol. The fourth-order valence-electron chi connectivity index (χ4n) is 0.0781. The number of nitrogens with two attached hydrogens (primary N) is 1. The van der Waals surface area contributed by atoms with Crippen LogP contribution in [0.25, 0.3) is 0 Å². The van der Waals surface area contributed by atoms with E-state index in [4.69, 9.17) is 15.9 Å². The summed E-state index contributed by atoms with van der Waals surface area (Å²) in [5, 5.41) is 15.9. The van der Waals surface area contributed by atoms with Crippen LogP contribution in [0.4, 0.5) is 0 Å². The fraction of sp³-hybridized carbons (Fsp3) is 0.750. The number of aliphatic carboxylic acids is 1. The molecule has 0 bridgehead atoms. The quantitative estimate of drug-likeness (QED) is 0.438. The van der Waals surface area contributed by atoms with E-state index >= 15 is 0 Å². The zero-order valence-electron chi connectivity index (χ0n) is 3.66. The Balaban J connectivity index is 0. The normalized spacial score (nSPS) is 11.8. The van der Waals surface area contributed by atoms with Crippen LogP contribution in [0.2, 0.25) is 0 Å². The third-order valence-electron chi connectivity index (χ3n) is 0.514. The van der Waals surface area contributed by atoms with Crippen molar-refractivity contribution in [3.05, 3.63) is 0 Å². The SMILES string of the molecule is C.N[C@@H](CO)C(=O)O. The number of carbonyl (C=O) groups is 1. The van der Waals surface area contributed by atoms with Crippen molar-refractivity contribution in [3.8, 4) is 0 Å². The predicted molar refractivity (Wildman–Crippen MR) is 29.4 cm³/mol. The van der Waals surface area contributed by atoms with Gasteiger partial charge in [0.2, 0.25) is 0 Å². The van der Waals surface area contributed by atoms with Crippen LogP contribution < -0.4 is 5.73 Å². The molecule has 50 valence electrons. The maximum absolute atomic E-state index is 9.65. The molecule has 0 aromatic carbocycles. The summed E-state index contributed by atoms with van der Waals surface area (Å²) < 4.78 is 0. The van der Waals surface area contributed by atoms with Crippen LogP contribution in [-0.4, -0.2) is 28.8 Å². The number of rotatable bonds is 2. The minimum atomic E-state index is -1.18. The van der Waals surface area contributed by atoms with E-state index in [9.17, 15) is 4.79 Å². The first-order chi connectivity index (χ1) is 3.18. The Hall–Kier alpha value is -0.610. The molecule has 0 aromatic heterocycles. The number of aliphatic hydroxyl groups is 1. The molecule has 1 atom stereocenters. The van der Waals surface area contributed by atoms with Crippen LogP contribution in [-0.2, 0) is 4.79 Å². The van der Waals surface area contributed by atoms with Gasteiger partial charge in [-0.25, -0.2) is 0 Å². The van der Waals surface area contributed by atoms with E-state index in [2.05, 4.69) is 0 Å². The lowest BCUT2D eigenvalue weighted by molar-refractivity contribution is -0.139. The highest BCUT2D eigenvalue weighted by molar-refractivity contribution is 5.73. The Kier molecular flexibility index (Phi) is 5.90. The molecular formula is C4H11NO3. The van der Waals surface area contributed by atoms with Gasteiger partial charge in [-0.15, -0.1) is 0 Å². The molecule has 4 nitrogen and oxygen atoms in total. The Morgan fingerprint density at radius 2 is 2.12 bits per heavy atom. The van der Waals surface area contributed by atoms with Gasteiger partial charge in [0.25, 0.3) is 0 Å². The van der Waals surface area contributed by atoms with Gasteiger partial charge in [0.15, 0.2) is 0 Å². The van der Waals surface area contributed by atoms with Crippen molar-refractivity contribution in [2.45, 2.75) is 13.5 Å². The van der Waals surface area contributed by atoms with Crippen molar-refractivity contribution in [2.24, 2.45) is 5.73 Å². The number of hydrogen-bond donors (Lipinski definition) is 3. The molecule has 0 aliphatic heterocycles. The van der Waals surface area contributed by atoms with Gasteiger partial charge < -0.3 is 15.9 Å². The van der Waals surface area contributed by atoms with Crippen LogP contribution in [0.15, 0.2) is 0 Å². The summed E-state index contributed by atoms with van der Waals surface area (Å²) in [5.41, 5.74) is 4.77. The second-order valence-corrected chi connectivity index (χ2v) is 1.13. The molecule has 0 saturated heterocycles. The second-order valence-electron chi connectivity index (χ2n) is 1.13. The summed E-state index contributed by atoms with van der Waals surface area (Å²) in [6, 6.07) is -1.13. The van der Waals surface area contributed by atoms with Crippen molar-refractivity contribution in [1.29, 1.82) is 0 Å². The van der Waals surface area contributed by atoms with Crippen LogP contribution in [0.5, 0.6) is 0 Å². The summed E-state index contributed by atoms with van der Waals surface area (Å²) in [4.78, 5) is 9.65. The molecule has 0 spiro atoms. The van der Waals surface area contributed by atoms with Gasteiger partial charge in [-0.1, -0.05) is 7.43 Å². The predicted octanol–water partition coefficient (Wildman–Crippen LogP) is -0.973. The largest absolute Gasteiger partial charge is 0.480 e. The monoisotopic (exact) mass is 121 g/mol. The van der Waals surface area contributed by atoms with Crippen LogP contribution in [0.1, 0.15) is 7.43 Å². The first-order valence-electron chi connectivity index (χ1n) is 1.77. The summed E-state index contributed by atoms with van der Waals surface area (Å²) in [5.74, 6) is -1.18. The van der Waals surface area contributed by atoms with E-state index in [1.165, 1.54) is 0 Å². The maximum atomic E-state index is 9.65. The summed E-state index contributed by atoms with van der Waals surface area (Å²) in [6.45, 7) is -0.505. The molecule has 0 rings (SSSR count). The maximum Gasteiger partial charge on any atom is 0.322 e.